The van der Waals surface area contributed by atoms with Crippen LogP contribution in [0.25, 0.3) is 0 Å². The predicted octanol–water partition coefficient (Wildman–Crippen LogP) is 5.25. The summed E-state index contributed by atoms with van der Waals surface area (Å²) in [4.78, 5) is 26.0. The van der Waals surface area contributed by atoms with E-state index in [1.54, 1.807) is 0 Å². The van der Waals surface area contributed by atoms with Crippen LogP contribution < -0.4 is 0 Å². The lowest BCUT2D eigenvalue weighted by molar-refractivity contribution is -0.371. The molecule has 0 aromatic heterocycles. The zero-order valence-electron chi connectivity index (χ0n) is 45.1. The third-order valence-corrected chi connectivity index (χ3v) is 21.0. The van der Waals surface area contributed by atoms with Gasteiger partial charge in [-0.05, 0) is 73.8 Å². The largest absolute Gasteiger partial charge is 0.481 e. The van der Waals surface area contributed by atoms with Gasteiger partial charge in [0.2, 0.25) is 0 Å². The van der Waals surface area contributed by atoms with Crippen molar-refractivity contribution < 1.29 is 91.2 Å². The molecular weight excluding hydrogens is 1000 g/mol. The number of hydrogen-bond donors (Lipinski definition) is 3. The Labute approximate surface area is 450 Å². The maximum Gasteiger partial charge on any atom is 0.308 e. The Morgan fingerprint density at radius 1 is 0.532 bits per heavy atom. The lowest BCUT2D eigenvalue weighted by Crippen LogP contribution is -2.62. The summed E-state index contributed by atoms with van der Waals surface area (Å²) in [7, 11) is 0. The number of hydrogen-bond acceptors (Lipinski definition) is 18. The summed E-state index contributed by atoms with van der Waals surface area (Å²) < 4.78 is 95.1. The number of carboxylic acid groups (broad SMARTS) is 1. The molecular formula is C58H82O19. The van der Waals surface area contributed by atoms with E-state index < -0.39 is 96.4 Å². The van der Waals surface area contributed by atoms with Gasteiger partial charge in [0.15, 0.2) is 17.4 Å². The van der Waals surface area contributed by atoms with Gasteiger partial charge in [-0.1, -0.05) is 40.9 Å². The zero-order chi connectivity index (χ0) is 53.0. The Kier molecular flexibility index (Phi) is 13.6. The normalized spacial score (nSPS) is 57.1. The van der Waals surface area contributed by atoms with Crippen LogP contribution in [0, 0.1) is 23.7 Å². The second-order valence-electron chi connectivity index (χ2n) is 26.5. The first-order valence-corrected chi connectivity index (χ1v) is 29.7. The van der Waals surface area contributed by atoms with E-state index in [1.165, 1.54) is 0 Å². The molecule has 0 saturated carbocycles. The first kappa shape index (κ1) is 52.9. The van der Waals surface area contributed by atoms with Gasteiger partial charge in [0, 0.05) is 63.7 Å². The van der Waals surface area contributed by atoms with Crippen molar-refractivity contribution in [3.63, 3.8) is 0 Å². The molecule has 0 radical (unpaired) electrons. The molecule has 0 amide bonds. The van der Waals surface area contributed by atoms with Gasteiger partial charge >= 0.3 is 11.9 Å². The Morgan fingerprint density at radius 2 is 1.19 bits per heavy atom. The summed E-state index contributed by atoms with van der Waals surface area (Å²) in [6.45, 7) is 17.6. The first-order valence-electron chi connectivity index (χ1n) is 29.7. The van der Waals surface area contributed by atoms with E-state index in [2.05, 4.69) is 40.9 Å². The molecule has 15 heterocycles. The molecule has 10 bridgehead atoms. The third-order valence-electron chi connectivity index (χ3n) is 21.0. The van der Waals surface area contributed by atoms with E-state index >= 15 is 0 Å². The fraction of sp³-hybridized carbons (Fsp3) is 0.897. The molecule has 15 fully saturated rings. The topological polar surface area (TPSA) is 224 Å². The molecule has 77 heavy (non-hydrogen) atoms. The van der Waals surface area contributed by atoms with Gasteiger partial charge in [0.1, 0.15) is 30.5 Å². The molecule has 0 aromatic rings. The van der Waals surface area contributed by atoms with Gasteiger partial charge in [0.25, 0.3) is 0 Å². The van der Waals surface area contributed by atoms with Crippen molar-refractivity contribution in [1.29, 1.82) is 0 Å². The van der Waals surface area contributed by atoms with Crippen LogP contribution in [0.4, 0.5) is 0 Å². The number of fused-ring (bicyclic) bond motifs is 10. The molecule has 0 aliphatic carbocycles. The van der Waals surface area contributed by atoms with Crippen molar-refractivity contribution in [3.8, 4) is 0 Å². The molecule has 19 nitrogen and oxygen atoms in total. The summed E-state index contributed by atoms with van der Waals surface area (Å²) in [5.41, 5.74) is 2.10. The summed E-state index contributed by atoms with van der Waals surface area (Å²) in [5, 5.41) is 32.1. The summed E-state index contributed by atoms with van der Waals surface area (Å²) in [6.07, 6.45) is -0.370. The molecule has 30 atom stereocenters. The minimum Gasteiger partial charge on any atom is -0.481 e. The Bertz CT molecular complexity index is 2290. The number of ether oxygens (including phenoxy) is 14. The van der Waals surface area contributed by atoms with E-state index in [1.807, 2.05) is 0 Å². The number of carbonyl (C=O) groups is 2. The highest BCUT2D eigenvalue weighted by atomic mass is 16.8. The SMILES string of the molecule is C=C1C[C@@H]2CC[C@]34CC(O3)[C@@H]3O[C@H]5CC[C@H](CC(=O)O[C@@H]6[C@@H](C)[C@@H]7O[C@@H]8C[C@]9(C[C@@H]%10O[C@]%11(C[C@H](C)[C@@H]%12O[C@H](CC(=O)O)[C@H](O)C[C@@H]%12O%11)C[C@H](C)[C@@H]%10O9)O[C@@H]8C[C@@H]7O[C@H]6C[C@H]6O[C@@H](CC[C@@H]1O2)C[C@@H](C)C6=C)O[C@@H]5[C@H](O4)[C@@H]3O. The molecule has 3 spiro atoms. The van der Waals surface area contributed by atoms with Gasteiger partial charge < -0.3 is 81.6 Å². The summed E-state index contributed by atoms with van der Waals surface area (Å²) in [5.74, 6) is -4.14. The lowest BCUT2D eigenvalue weighted by Gasteiger charge is -2.54. The van der Waals surface area contributed by atoms with Gasteiger partial charge in [-0.3, -0.25) is 9.59 Å². The number of carbonyl (C=O) groups excluding carboxylic acids is 1. The maximum atomic E-state index is 14.5. The van der Waals surface area contributed by atoms with E-state index in [0.717, 1.165) is 43.3 Å². The lowest BCUT2D eigenvalue weighted by atomic mass is 9.78. The summed E-state index contributed by atoms with van der Waals surface area (Å²) in [6, 6.07) is 0. The highest BCUT2D eigenvalue weighted by molar-refractivity contribution is 5.70. The summed E-state index contributed by atoms with van der Waals surface area (Å²) >= 11 is 0. The van der Waals surface area contributed by atoms with Crippen molar-refractivity contribution in [1.82, 2.24) is 0 Å². The molecule has 19 heteroatoms. The van der Waals surface area contributed by atoms with E-state index in [4.69, 9.17) is 66.3 Å². The van der Waals surface area contributed by atoms with Crippen LogP contribution in [0.1, 0.15) is 143 Å². The van der Waals surface area contributed by atoms with Gasteiger partial charge in [-0.25, -0.2) is 0 Å². The predicted molar refractivity (Wildman–Crippen MR) is 266 cm³/mol. The minimum absolute atomic E-state index is 0.00425. The van der Waals surface area contributed by atoms with Crippen LogP contribution in [0.15, 0.2) is 24.3 Å². The van der Waals surface area contributed by atoms with Crippen molar-refractivity contribution in [2.75, 3.05) is 0 Å². The molecule has 15 aliphatic rings. The number of aliphatic carboxylic acids is 1. The Balaban J connectivity index is 0.688. The van der Waals surface area contributed by atoms with Crippen LogP contribution in [-0.2, 0) is 75.9 Å². The van der Waals surface area contributed by atoms with Crippen molar-refractivity contribution in [2.45, 2.75) is 301 Å². The quantitative estimate of drug-likeness (QED) is 0.237. The van der Waals surface area contributed by atoms with Crippen LogP contribution >= 0.6 is 0 Å². The number of esters is 1. The highest BCUT2D eigenvalue weighted by Gasteiger charge is 2.67. The molecule has 1 unspecified atom stereocenters. The van der Waals surface area contributed by atoms with E-state index in [0.29, 0.717) is 64.2 Å². The minimum atomic E-state index is -1.01. The van der Waals surface area contributed by atoms with Crippen LogP contribution in [0.2, 0.25) is 0 Å². The second-order valence-corrected chi connectivity index (χ2v) is 26.5. The maximum absolute atomic E-state index is 14.5. The van der Waals surface area contributed by atoms with Crippen molar-refractivity contribution >= 4 is 11.9 Å². The van der Waals surface area contributed by atoms with E-state index in [9.17, 15) is 24.9 Å². The molecule has 3 N–H and O–H groups in total. The molecule has 15 saturated heterocycles. The number of rotatable bonds is 2. The fourth-order valence-corrected chi connectivity index (χ4v) is 17.2. The molecule has 15 rings (SSSR count). The van der Waals surface area contributed by atoms with Crippen LogP contribution in [0.5, 0.6) is 0 Å². The smallest absolute Gasteiger partial charge is 0.308 e. The third kappa shape index (κ3) is 9.44. The average molecular weight is 1080 g/mol. The zero-order valence-corrected chi connectivity index (χ0v) is 45.1. The van der Waals surface area contributed by atoms with Gasteiger partial charge in [-0.2, -0.15) is 0 Å². The van der Waals surface area contributed by atoms with Gasteiger partial charge in [-0.15, -0.1) is 0 Å². The first-order chi connectivity index (χ1) is 36.9. The van der Waals surface area contributed by atoms with Crippen LogP contribution in [0.3, 0.4) is 0 Å². The number of aliphatic hydroxyl groups is 2. The van der Waals surface area contributed by atoms with Crippen LogP contribution in [-0.4, -0.2) is 185 Å². The molecule has 428 valence electrons. The standard InChI is InChI=1S/C58H82O19/c1-25-13-31-7-9-35-26(2)14-33(64-35)11-12-56-23-45(74-56)53-48(63)55(77-56)54-36(68-53)10-8-32(66-54)15-47(62)71-52-30(6)51-41(67-40(52)17-37(65-31)29(25)5)18-39-43(70-51)22-58(72-39)24-44-50(76-58)28(4)21-57(75-44)20-27(3)49-42(73-57)16-34(59)38(69-49)19-46(60)61/h25,27-28,30-45,48-55,59,63H,2,5,7-24H2,1,3-4,6H3,(H,60,61)/t25-,27+,28+,30+,31+,32-,33+,34-,35+,36+,37-,38-,39-,40+,41+,42+,43-,44+,45?,48-,49+,50+,51+,52-,53+,54+,55-,56+,57-,58+/m1/s1. The molecule has 15 aliphatic heterocycles. The van der Waals surface area contributed by atoms with Crippen molar-refractivity contribution in [2.24, 2.45) is 23.7 Å². The molecule has 0 aromatic carbocycles. The Hall–Kier alpha value is -2.18. The number of carboxylic acids is 1. The van der Waals surface area contributed by atoms with E-state index in [-0.39, 0.29) is 116 Å². The number of aliphatic hydroxyl groups excluding tert-OH is 2. The average Bonchev–Trinajstić information content (AvgIpc) is 4.01. The monoisotopic (exact) mass is 1080 g/mol. The van der Waals surface area contributed by atoms with Gasteiger partial charge in [0.05, 0.1) is 123 Å². The van der Waals surface area contributed by atoms with Crippen molar-refractivity contribution in [3.05, 3.63) is 24.3 Å². The Morgan fingerprint density at radius 3 is 2.01 bits per heavy atom. The second kappa shape index (κ2) is 19.7. The highest BCUT2D eigenvalue weighted by Crippen LogP contribution is 2.57. The fourth-order valence-electron chi connectivity index (χ4n) is 17.2.